The molecule has 0 radical (unpaired) electrons. The van der Waals surface area contributed by atoms with E-state index >= 15 is 0 Å². The molecule has 1 aromatic heterocycles. The molecule has 1 atom stereocenters. The van der Waals surface area contributed by atoms with E-state index in [0.717, 1.165) is 31.5 Å². The van der Waals surface area contributed by atoms with Crippen LogP contribution in [0.2, 0.25) is 0 Å². The van der Waals surface area contributed by atoms with Gasteiger partial charge in [0.05, 0.1) is 0 Å². The summed E-state index contributed by atoms with van der Waals surface area (Å²) in [4.78, 5) is 13.3. The van der Waals surface area contributed by atoms with E-state index in [1.54, 1.807) is 0 Å². The van der Waals surface area contributed by atoms with Crippen LogP contribution in [0.25, 0.3) is 0 Å². The number of carbonyl (C=O) groups is 1. The summed E-state index contributed by atoms with van der Waals surface area (Å²) < 4.78 is 1.96. The fraction of sp³-hybridized carbons (Fsp3) is 0.727. The molecule has 1 fully saturated rings. The van der Waals surface area contributed by atoms with E-state index in [2.05, 4.69) is 15.1 Å². The highest BCUT2D eigenvalue weighted by Gasteiger charge is 2.28. The van der Waals surface area contributed by atoms with E-state index in [-0.39, 0.29) is 0 Å². The molecule has 3 heterocycles. The second-order valence-electron chi connectivity index (χ2n) is 4.63. The Labute approximate surface area is 94.5 Å². The Morgan fingerprint density at radius 1 is 1.19 bits per heavy atom. The van der Waals surface area contributed by atoms with Crippen LogP contribution in [0, 0.1) is 0 Å². The minimum absolute atomic E-state index is 0.481. The van der Waals surface area contributed by atoms with Crippen LogP contribution in [0.4, 0.5) is 0 Å². The SMILES string of the molecule is O=Cc1nnc2n1CCC(N1CCCC1)C2. The zero-order valence-electron chi connectivity index (χ0n) is 9.30. The van der Waals surface area contributed by atoms with Crippen LogP contribution in [0.1, 0.15) is 35.7 Å². The van der Waals surface area contributed by atoms with Gasteiger partial charge < -0.3 is 4.57 Å². The molecule has 0 N–H and O–H groups in total. The molecule has 0 aromatic carbocycles. The summed E-state index contributed by atoms with van der Waals surface area (Å²) in [7, 11) is 0. The largest absolute Gasteiger partial charge is 0.309 e. The molecule has 0 amide bonds. The van der Waals surface area contributed by atoms with Crippen molar-refractivity contribution in [3.63, 3.8) is 0 Å². The van der Waals surface area contributed by atoms with Crippen molar-refractivity contribution in [1.82, 2.24) is 19.7 Å². The molecule has 1 saturated heterocycles. The van der Waals surface area contributed by atoms with Gasteiger partial charge in [-0.05, 0) is 32.4 Å². The minimum atomic E-state index is 0.481. The summed E-state index contributed by atoms with van der Waals surface area (Å²) in [5, 5.41) is 8.01. The molecule has 0 bridgehead atoms. The fourth-order valence-corrected chi connectivity index (χ4v) is 2.84. The smallest absolute Gasteiger partial charge is 0.196 e. The summed E-state index contributed by atoms with van der Waals surface area (Å²) in [5.74, 6) is 1.46. The van der Waals surface area contributed by atoms with Gasteiger partial charge in [-0.1, -0.05) is 0 Å². The van der Waals surface area contributed by atoms with Gasteiger partial charge in [0.15, 0.2) is 12.1 Å². The van der Waals surface area contributed by atoms with Crippen LogP contribution in [0.5, 0.6) is 0 Å². The van der Waals surface area contributed by atoms with Crippen molar-refractivity contribution in [3.05, 3.63) is 11.6 Å². The Balaban J connectivity index is 1.78. The van der Waals surface area contributed by atoms with Gasteiger partial charge in [-0.15, -0.1) is 10.2 Å². The third-order valence-corrected chi connectivity index (χ3v) is 3.72. The first-order chi connectivity index (χ1) is 7.88. The number of rotatable bonds is 2. The first kappa shape index (κ1) is 9.96. The van der Waals surface area contributed by atoms with Crippen molar-refractivity contribution in [2.75, 3.05) is 13.1 Å². The molecule has 0 saturated carbocycles. The average molecular weight is 220 g/mol. The van der Waals surface area contributed by atoms with Crippen molar-refractivity contribution in [1.29, 1.82) is 0 Å². The number of aldehydes is 1. The highest BCUT2D eigenvalue weighted by atomic mass is 16.1. The monoisotopic (exact) mass is 220 g/mol. The summed E-state index contributed by atoms with van der Waals surface area (Å²) in [6.45, 7) is 3.33. The maximum Gasteiger partial charge on any atom is 0.196 e. The Hall–Kier alpha value is -1.23. The molecule has 0 aliphatic carbocycles. The van der Waals surface area contributed by atoms with Crippen molar-refractivity contribution in [2.24, 2.45) is 0 Å². The molecule has 3 rings (SSSR count). The third-order valence-electron chi connectivity index (χ3n) is 3.72. The lowest BCUT2D eigenvalue weighted by Gasteiger charge is -2.30. The number of carbonyl (C=O) groups excluding carboxylic acids is 1. The van der Waals surface area contributed by atoms with E-state index in [0.29, 0.717) is 11.9 Å². The molecular formula is C11H16N4O. The van der Waals surface area contributed by atoms with E-state index < -0.39 is 0 Å². The van der Waals surface area contributed by atoms with E-state index in [1.165, 1.54) is 25.9 Å². The maximum atomic E-state index is 10.7. The number of fused-ring (bicyclic) bond motifs is 1. The number of hydrogen-bond acceptors (Lipinski definition) is 4. The van der Waals surface area contributed by atoms with Gasteiger partial charge in [0.25, 0.3) is 0 Å². The van der Waals surface area contributed by atoms with Crippen LogP contribution >= 0.6 is 0 Å². The van der Waals surface area contributed by atoms with Crippen LogP contribution in [-0.2, 0) is 13.0 Å². The van der Waals surface area contributed by atoms with E-state index in [4.69, 9.17) is 0 Å². The first-order valence-electron chi connectivity index (χ1n) is 6.00. The lowest BCUT2D eigenvalue weighted by atomic mass is 10.0. The van der Waals surface area contributed by atoms with Crippen molar-refractivity contribution >= 4 is 6.29 Å². The molecule has 1 unspecified atom stereocenters. The zero-order valence-corrected chi connectivity index (χ0v) is 9.30. The molecule has 86 valence electrons. The molecule has 5 heteroatoms. The summed E-state index contributed by atoms with van der Waals surface area (Å²) in [6.07, 6.45) is 5.50. The van der Waals surface area contributed by atoms with E-state index in [1.807, 2.05) is 4.57 Å². The van der Waals surface area contributed by atoms with Gasteiger partial charge >= 0.3 is 0 Å². The second-order valence-corrected chi connectivity index (χ2v) is 4.63. The lowest BCUT2D eigenvalue weighted by Crippen LogP contribution is -2.39. The normalized spacial score (nSPS) is 25.6. The Bertz CT molecular complexity index is 395. The van der Waals surface area contributed by atoms with Gasteiger partial charge in [0.2, 0.25) is 0 Å². The average Bonchev–Trinajstić information content (AvgIpc) is 2.97. The van der Waals surface area contributed by atoms with Gasteiger partial charge in [-0.25, -0.2) is 0 Å². The predicted octanol–water partition coefficient (Wildman–Crippen LogP) is 0.501. The molecule has 2 aliphatic heterocycles. The summed E-state index contributed by atoms with van der Waals surface area (Å²) in [6, 6.07) is 0.610. The molecule has 16 heavy (non-hydrogen) atoms. The second kappa shape index (κ2) is 3.97. The van der Waals surface area contributed by atoms with Gasteiger partial charge in [-0.3, -0.25) is 9.69 Å². The van der Waals surface area contributed by atoms with Crippen LogP contribution in [0.3, 0.4) is 0 Å². The number of nitrogens with zero attached hydrogens (tertiary/aromatic N) is 4. The highest BCUT2D eigenvalue weighted by molar-refractivity contribution is 5.69. The molecular weight excluding hydrogens is 204 g/mol. The van der Waals surface area contributed by atoms with Crippen LogP contribution < -0.4 is 0 Å². The van der Waals surface area contributed by atoms with Crippen LogP contribution in [0.15, 0.2) is 0 Å². The van der Waals surface area contributed by atoms with Gasteiger partial charge in [0, 0.05) is 19.0 Å². The Morgan fingerprint density at radius 3 is 2.75 bits per heavy atom. The summed E-state index contributed by atoms with van der Waals surface area (Å²) in [5.41, 5.74) is 0. The van der Waals surface area contributed by atoms with Crippen molar-refractivity contribution in [3.8, 4) is 0 Å². The van der Waals surface area contributed by atoms with Crippen molar-refractivity contribution in [2.45, 2.75) is 38.3 Å². The predicted molar refractivity (Wildman–Crippen MR) is 58.3 cm³/mol. The third kappa shape index (κ3) is 1.55. The summed E-state index contributed by atoms with van der Waals surface area (Å²) >= 11 is 0. The molecule has 2 aliphatic rings. The number of hydrogen-bond donors (Lipinski definition) is 0. The topological polar surface area (TPSA) is 51.0 Å². The zero-order chi connectivity index (χ0) is 11.0. The maximum absolute atomic E-state index is 10.7. The molecule has 0 spiro atoms. The van der Waals surface area contributed by atoms with Crippen LogP contribution in [-0.4, -0.2) is 45.1 Å². The molecule has 5 nitrogen and oxygen atoms in total. The highest BCUT2D eigenvalue weighted by Crippen LogP contribution is 2.22. The Kier molecular flexibility index (Phi) is 2.47. The molecule has 1 aromatic rings. The van der Waals surface area contributed by atoms with E-state index in [9.17, 15) is 4.79 Å². The quantitative estimate of drug-likeness (QED) is 0.681. The Morgan fingerprint density at radius 2 is 2.00 bits per heavy atom. The lowest BCUT2D eigenvalue weighted by molar-refractivity contribution is 0.110. The number of likely N-dealkylation sites (tertiary alicyclic amines) is 1. The first-order valence-corrected chi connectivity index (χ1v) is 6.00. The standard InChI is InChI=1S/C11H16N4O/c16-8-11-13-12-10-7-9(3-6-15(10)11)14-4-1-2-5-14/h8-9H,1-7H2. The van der Waals surface area contributed by atoms with Gasteiger partial charge in [0.1, 0.15) is 5.82 Å². The fourth-order valence-electron chi connectivity index (χ4n) is 2.84. The van der Waals surface area contributed by atoms with Gasteiger partial charge in [-0.2, -0.15) is 0 Å². The minimum Gasteiger partial charge on any atom is -0.309 e. The van der Waals surface area contributed by atoms with Crippen molar-refractivity contribution < 1.29 is 4.79 Å². The number of aromatic nitrogens is 3.